The van der Waals surface area contributed by atoms with Crippen LogP contribution in [-0.4, -0.2) is 40.3 Å². The van der Waals surface area contributed by atoms with Crippen molar-refractivity contribution >= 4 is 29.4 Å². The van der Waals surface area contributed by atoms with Crippen molar-refractivity contribution in [3.8, 4) is 5.75 Å². The van der Waals surface area contributed by atoms with Crippen LogP contribution in [0.15, 0.2) is 35.7 Å². The highest BCUT2D eigenvalue weighted by Crippen LogP contribution is 2.26. The molecule has 1 aromatic carbocycles. The zero-order chi connectivity index (χ0) is 18.0. The first-order valence-electron chi connectivity index (χ1n) is 7.33. The molecule has 0 fully saturated rings. The first-order chi connectivity index (χ1) is 11.3. The number of carbonyl (C=O) groups excluding carboxylic acids is 3. The minimum Gasteiger partial charge on any atom is -0.422 e. The molecule has 1 aliphatic heterocycles. The van der Waals surface area contributed by atoms with Gasteiger partial charge in [0, 0.05) is 24.2 Å². The first-order valence-corrected chi connectivity index (χ1v) is 7.71. The van der Waals surface area contributed by atoms with Crippen LogP contribution in [0, 0.1) is 0 Å². The SMILES string of the molecule is CCN1C(=O)C(N)N(C(C)=O)C(C(=O)Oc2cccc(Cl)c2)=C1C. The summed E-state index contributed by atoms with van der Waals surface area (Å²) in [7, 11) is 0. The molecule has 0 bridgehead atoms. The quantitative estimate of drug-likeness (QED) is 0.657. The number of carbonyl (C=O) groups is 3. The predicted molar refractivity (Wildman–Crippen MR) is 87.7 cm³/mol. The fourth-order valence-electron chi connectivity index (χ4n) is 2.55. The van der Waals surface area contributed by atoms with Gasteiger partial charge in [-0.3, -0.25) is 14.5 Å². The monoisotopic (exact) mass is 351 g/mol. The minimum absolute atomic E-state index is 0.0589. The van der Waals surface area contributed by atoms with E-state index in [-0.39, 0.29) is 11.4 Å². The number of amides is 2. The molecular weight excluding hydrogens is 334 g/mol. The summed E-state index contributed by atoms with van der Waals surface area (Å²) < 4.78 is 5.29. The van der Waals surface area contributed by atoms with Crippen molar-refractivity contribution in [1.29, 1.82) is 0 Å². The second-order valence-corrected chi connectivity index (χ2v) is 5.63. The van der Waals surface area contributed by atoms with E-state index in [2.05, 4.69) is 0 Å². The molecular formula is C16H18ClN3O4. The summed E-state index contributed by atoms with van der Waals surface area (Å²) in [5, 5.41) is 0.403. The molecule has 1 unspecified atom stereocenters. The molecule has 1 heterocycles. The first kappa shape index (κ1) is 18.0. The van der Waals surface area contributed by atoms with Crippen LogP contribution in [-0.2, 0) is 14.4 Å². The molecule has 2 amide bonds. The summed E-state index contributed by atoms with van der Waals surface area (Å²) in [4.78, 5) is 39.1. The highest BCUT2D eigenvalue weighted by Gasteiger charge is 2.41. The Morgan fingerprint density at radius 1 is 1.38 bits per heavy atom. The maximum Gasteiger partial charge on any atom is 0.362 e. The van der Waals surface area contributed by atoms with E-state index in [1.54, 1.807) is 32.0 Å². The lowest BCUT2D eigenvalue weighted by atomic mass is 10.1. The summed E-state index contributed by atoms with van der Waals surface area (Å²) in [5.74, 6) is -1.54. The van der Waals surface area contributed by atoms with Crippen LogP contribution in [0.3, 0.4) is 0 Å². The van der Waals surface area contributed by atoms with Crippen molar-refractivity contribution < 1.29 is 19.1 Å². The normalized spacial score (nSPS) is 18.0. The number of halogens is 1. The van der Waals surface area contributed by atoms with Crippen LogP contribution < -0.4 is 10.5 Å². The predicted octanol–water partition coefficient (Wildman–Crippen LogP) is 1.47. The Bertz CT molecular complexity index is 732. The lowest BCUT2D eigenvalue weighted by Gasteiger charge is -2.39. The highest BCUT2D eigenvalue weighted by atomic mass is 35.5. The number of esters is 1. The van der Waals surface area contributed by atoms with Gasteiger partial charge in [0.15, 0.2) is 11.9 Å². The van der Waals surface area contributed by atoms with Crippen LogP contribution in [0.4, 0.5) is 0 Å². The van der Waals surface area contributed by atoms with Crippen LogP contribution in [0.2, 0.25) is 5.02 Å². The largest absolute Gasteiger partial charge is 0.422 e. The van der Waals surface area contributed by atoms with Crippen molar-refractivity contribution in [2.24, 2.45) is 5.73 Å². The Kier molecular flexibility index (Phi) is 5.26. The van der Waals surface area contributed by atoms with Gasteiger partial charge in [0.05, 0.1) is 0 Å². The molecule has 1 atom stereocenters. The number of hydrogen-bond donors (Lipinski definition) is 1. The molecule has 2 N–H and O–H groups in total. The van der Waals surface area contributed by atoms with Gasteiger partial charge in [-0.25, -0.2) is 4.79 Å². The Hall–Kier alpha value is -2.38. The molecule has 1 aliphatic rings. The van der Waals surface area contributed by atoms with E-state index >= 15 is 0 Å². The fraction of sp³-hybridized carbons (Fsp3) is 0.312. The number of ether oxygens (including phenoxy) is 1. The molecule has 24 heavy (non-hydrogen) atoms. The van der Waals surface area contributed by atoms with Gasteiger partial charge in [0.2, 0.25) is 5.91 Å². The summed E-state index contributed by atoms with van der Waals surface area (Å²) in [6.45, 7) is 4.86. The van der Waals surface area contributed by atoms with Crippen LogP contribution in [0.25, 0.3) is 0 Å². The van der Waals surface area contributed by atoms with E-state index in [0.717, 1.165) is 4.90 Å². The molecule has 0 saturated heterocycles. The Balaban J connectivity index is 2.45. The number of nitrogens with zero attached hydrogens (tertiary/aromatic N) is 2. The van der Waals surface area contributed by atoms with Crippen molar-refractivity contribution in [3.63, 3.8) is 0 Å². The van der Waals surface area contributed by atoms with Crippen LogP contribution in [0.1, 0.15) is 20.8 Å². The second kappa shape index (κ2) is 7.02. The van der Waals surface area contributed by atoms with Gasteiger partial charge in [-0.05, 0) is 32.0 Å². The second-order valence-electron chi connectivity index (χ2n) is 5.20. The summed E-state index contributed by atoms with van der Waals surface area (Å²) in [6.07, 6.45) is -1.27. The van der Waals surface area contributed by atoms with Crippen LogP contribution in [0.5, 0.6) is 5.75 Å². The number of rotatable bonds is 3. The minimum atomic E-state index is -1.27. The van der Waals surface area contributed by atoms with E-state index < -0.39 is 23.9 Å². The average molecular weight is 352 g/mol. The lowest BCUT2D eigenvalue weighted by molar-refractivity contribution is -0.147. The molecule has 128 valence electrons. The standard InChI is InChI=1S/C16H18ClN3O4/c1-4-19-9(2)13(20(10(3)21)14(18)15(19)22)16(23)24-12-7-5-6-11(17)8-12/h5-8,14H,4,18H2,1-3H3. The fourth-order valence-corrected chi connectivity index (χ4v) is 2.74. The van der Waals surface area contributed by atoms with Gasteiger partial charge in [-0.15, -0.1) is 0 Å². The number of likely N-dealkylation sites (N-methyl/N-ethyl adjacent to an activating group) is 1. The summed E-state index contributed by atoms with van der Waals surface area (Å²) in [5.41, 5.74) is 6.10. The van der Waals surface area contributed by atoms with Gasteiger partial charge >= 0.3 is 5.97 Å². The smallest absolute Gasteiger partial charge is 0.362 e. The topological polar surface area (TPSA) is 92.9 Å². The molecule has 0 radical (unpaired) electrons. The maximum atomic E-state index is 12.6. The van der Waals surface area contributed by atoms with Crippen LogP contribution >= 0.6 is 11.6 Å². The molecule has 8 heteroatoms. The summed E-state index contributed by atoms with van der Waals surface area (Å²) in [6, 6.07) is 6.30. The number of benzene rings is 1. The molecule has 0 spiro atoms. The van der Waals surface area contributed by atoms with E-state index in [1.807, 2.05) is 0 Å². The maximum absolute atomic E-state index is 12.6. The lowest BCUT2D eigenvalue weighted by Crippen LogP contribution is -2.60. The third-order valence-electron chi connectivity index (χ3n) is 3.64. The number of allylic oxidation sites excluding steroid dienone is 1. The zero-order valence-corrected chi connectivity index (χ0v) is 14.3. The van der Waals surface area contributed by atoms with Gasteiger partial charge in [-0.2, -0.15) is 0 Å². The average Bonchev–Trinajstić information content (AvgIpc) is 2.50. The van der Waals surface area contributed by atoms with Crippen molar-refractivity contribution in [3.05, 3.63) is 40.7 Å². The Morgan fingerprint density at radius 3 is 2.58 bits per heavy atom. The highest BCUT2D eigenvalue weighted by molar-refractivity contribution is 6.30. The van der Waals surface area contributed by atoms with Gasteiger partial charge in [0.1, 0.15) is 5.75 Å². The molecule has 7 nitrogen and oxygen atoms in total. The van der Waals surface area contributed by atoms with Crippen molar-refractivity contribution in [2.75, 3.05) is 6.54 Å². The van der Waals surface area contributed by atoms with Crippen molar-refractivity contribution in [2.45, 2.75) is 26.9 Å². The molecule has 2 rings (SSSR count). The Labute approximate surface area is 144 Å². The van der Waals surface area contributed by atoms with E-state index in [1.165, 1.54) is 17.9 Å². The molecule has 1 aromatic rings. The number of nitrogens with two attached hydrogens (primary N) is 1. The van der Waals surface area contributed by atoms with Gasteiger partial charge in [0.25, 0.3) is 5.91 Å². The molecule has 0 saturated carbocycles. The Morgan fingerprint density at radius 2 is 2.04 bits per heavy atom. The van der Waals surface area contributed by atoms with E-state index in [4.69, 9.17) is 22.1 Å². The molecule has 0 aliphatic carbocycles. The van der Waals surface area contributed by atoms with Gasteiger partial charge in [-0.1, -0.05) is 17.7 Å². The van der Waals surface area contributed by atoms with E-state index in [9.17, 15) is 14.4 Å². The van der Waals surface area contributed by atoms with E-state index in [0.29, 0.717) is 17.3 Å². The summed E-state index contributed by atoms with van der Waals surface area (Å²) >= 11 is 5.87. The zero-order valence-electron chi connectivity index (χ0n) is 13.6. The molecule has 0 aromatic heterocycles. The third kappa shape index (κ3) is 3.27. The number of hydrogen-bond acceptors (Lipinski definition) is 5. The van der Waals surface area contributed by atoms with Gasteiger partial charge < -0.3 is 15.4 Å². The third-order valence-corrected chi connectivity index (χ3v) is 3.88. The van der Waals surface area contributed by atoms with Crippen molar-refractivity contribution in [1.82, 2.24) is 9.80 Å².